The molecule has 4 rings (SSSR count). The van der Waals surface area contributed by atoms with Crippen LogP contribution in [0.3, 0.4) is 0 Å². The molecule has 0 N–H and O–H groups in total. The normalized spacial score (nSPS) is 18.5. The second-order valence-corrected chi connectivity index (χ2v) is 7.28. The molecule has 0 spiro atoms. The summed E-state index contributed by atoms with van der Waals surface area (Å²) in [4.78, 5) is 6.73. The minimum Gasteiger partial charge on any atom is -0.334 e. The lowest BCUT2D eigenvalue weighted by molar-refractivity contribution is 0.200. The molecule has 0 amide bonds. The molecule has 26 heavy (non-hydrogen) atoms. The topological polar surface area (TPSA) is 21.1 Å². The minimum absolute atomic E-state index is 0.356. The van der Waals surface area contributed by atoms with Crippen LogP contribution in [0.5, 0.6) is 0 Å². The summed E-state index contributed by atoms with van der Waals surface area (Å²) in [5.74, 6) is 0.0997. The number of piperidine rings is 1. The Kier molecular flexibility index (Phi) is 4.72. The molecule has 3 nitrogen and oxygen atoms in total. The van der Waals surface area contributed by atoms with Crippen molar-refractivity contribution < 1.29 is 8.78 Å². The van der Waals surface area contributed by atoms with E-state index in [9.17, 15) is 8.78 Å². The van der Waals surface area contributed by atoms with Gasteiger partial charge in [-0.05, 0) is 66.3 Å². The third-order valence-corrected chi connectivity index (χ3v) is 5.30. The second kappa shape index (κ2) is 7.16. The van der Waals surface area contributed by atoms with Gasteiger partial charge in [0.1, 0.15) is 12.5 Å². The van der Waals surface area contributed by atoms with Gasteiger partial charge in [0, 0.05) is 20.1 Å². The number of halogens is 2. The lowest BCUT2D eigenvalue weighted by atomic mass is 9.90. The molecule has 1 fully saturated rings. The number of fused-ring (bicyclic) bond motifs is 1. The summed E-state index contributed by atoms with van der Waals surface area (Å²) in [6.07, 6.45) is 4.10. The first-order valence-electron chi connectivity index (χ1n) is 9.10. The number of aromatic nitrogens is 2. The molecule has 136 valence electrons. The summed E-state index contributed by atoms with van der Waals surface area (Å²) in [5, 5.41) is 0. The quantitative estimate of drug-likeness (QED) is 0.684. The highest BCUT2D eigenvalue weighted by Gasteiger charge is 2.22. The Hall–Kier alpha value is -2.27. The molecule has 1 aromatic heterocycles. The van der Waals surface area contributed by atoms with Crippen molar-refractivity contribution in [2.75, 3.05) is 13.1 Å². The average Bonchev–Trinajstić information content (AvgIpc) is 3.02. The lowest BCUT2D eigenvalue weighted by Crippen LogP contribution is -2.33. The minimum atomic E-state index is -0.627. The maximum absolute atomic E-state index is 13.7. The van der Waals surface area contributed by atoms with E-state index < -0.39 is 6.67 Å². The monoisotopic (exact) mass is 355 g/mol. The number of benzene rings is 2. The highest BCUT2D eigenvalue weighted by atomic mass is 19.1. The third kappa shape index (κ3) is 3.49. The van der Waals surface area contributed by atoms with Gasteiger partial charge < -0.3 is 4.57 Å². The van der Waals surface area contributed by atoms with Crippen LogP contribution >= 0.6 is 0 Å². The van der Waals surface area contributed by atoms with Crippen molar-refractivity contribution in [3.63, 3.8) is 0 Å². The zero-order valence-electron chi connectivity index (χ0n) is 15.0. The number of imidazole rings is 1. The number of rotatable bonds is 4. The standard InChI is InChI=1S/C21H23F2N3/c1-25-14-24-20-5-4-17(10-21(20)25)18-3-2-6-26(13-18)12-16-7-15(11-22)8-19(23)9-16/h4-5,7-10,14,18H,2-3,6,11-13H2,1H3. The molecule has 1 saturated heterocycles. The van der Waals surface area contributed by atoms with Crippen LogP contribution in [0, 0.1) is 5.82 Å². The smallest absolute Gasteiger partial charge is 0.123 e. The van der Waals surface area contributed by atoms with Crippen LogP contribution in [-0.4, -0.2) is 27.5 Å². The summed E-state index contributed by atoms with van der Waals surface area (Å²) in [6, 6.07) is 11.1. The molecule has 0 saturated carbocycles. The van der Waals surface area contributed by atoms with Crippen LogP contribution in [0.2, 0.25) is 0 Å². The van der Waals surface area contributed by atoms with E-state index in [4.69, 9.17) is 0 Å². The van der Waals surface area contributed by atoms with Gasteiger partial charge in [0.05, 0.1) is 17.4 Å². The van der Waals surface area contributed by atoms with E-state index in [2.05, 4.69) is 28.1 Å². The molecule has 2 aromatic carbocycles. The predicted molar refractivity (Wildman–Crippen MR) is 99.2 cm³/mol. The van der Waals surface area contributed by atoms with Crippen LogP contribution < -0.4 is 0 Å². The van der Waals surface area contributed by atoms with Gasteiger partial charge in [0.2, 0.25) is 0 Å². The van der Waals surface area contributed by atoms with Crippen molar-refractivity contribution in [2.24, 2.45) is 7.05 Å². The fourth-order valence-electron chi connectivity index (χ4n) is 4.01. The van der Waals surface area contributed by atoms with Crippen molar-refractivity contribution in [3.05, 3.63) is 65.2 Å². The lowest BCUT2D eigenvalue weighted by Gasteiger charge is -2.33. The van der Waals surface area contributed by atoms with Gasteiger partial charge in [-0.15, -0.1) is 0 Å². The van der Waals surface area contributed by atoms with E-state index >= 15 is 0 Å². The van der Waals surface area contributed by atoms with Crippen LogP contribution in [0.15, 0.2) is 42.7 Å². The molecular formula is C21H23F2N3. The summed E-state index contributed by atoms with van der Waals surface area (Å²) in [5.41, 5.74) is 4.75. The SMILES string of the molecule is Cn1cnc2ccc(C3CCCN(Cc4cc(F)cc(CF)c4)C3)cc21. The highest BCUT2D eigenvalue weighted by Crippen LogP contribution is 2.29. The molecule has 1 unspecified atom stereocenters. The van der Waals surface area contributed by atoms with Gasteiger partial charge in [-0.2, -0.15) is 0 Å². The number of hydrogen-bond acceptors (Lipinski definition) is 2. The Bertz CT molecular complexity index is 919. The van der Waals surface area contributed by atoms with E-state index in [0.717, 1.165) is 42.5 Å². The van der Waals surface area contributed by atoms with Crippen molar-refractivity contribution >= 4 is 11.0 Å². The fraction of sp³-hybridized carbons (Fsp3) is 0.381. The summed E-state index contributed by atoms with van der Waals surface area (Å²) >= 11 is 0. The first-order chi connectivity index (χ1) is 12.6. The molecule has 0 radical (unpaired) electrons. The highest BCUT2D eigenvalue weighted by molar-refractivity contribution is 5.76. The molecule has 5 heteroatoms. The van der Waals surface area contributed by atoms with Crippen molar-refractivity contribution in [1.82, 2.24) is 14.5 Å². The van der Waals surface area contributed by atoms with E-state index in [-0.39, 0.29) is 5.82 Å². The zero-order valence-corrected chi connectivity index (χ0v) is 15.0. The van der Waals surface area contributed by atoms with E-state index in [1.807, 2.05) is 17.9 Å². The van der Waals surface area contributed by atoms with Gasteiger partial charge in [0.25, 0.3) is 0 Å². The van der Waals surface area contributed by atoms with Crippen LogP contribution in [0.1, 0.15) is 35.4 Å². The van der Waals surface area contributed by atoms with Crippen LogP contribution in [0.4, 0.5) is 8.78 Å². The summed E-state index contributed by atoms with van der Waals surface area (Å²) in [7, 11) is 2.01. The molecule has 3 aromatic rings. The number of aryl methyl sites for hydroxylation is 1. The molecule has 0 aliphatic carbocycles. The average molecular weight is 355 g/mol. The first-order valence-corrected chi connectivity index (χ1v) is 9.10. The fourth-order valence-corrected chi connectivity index (χ4v) is 4.01. The van der Waals surface area contributed by atoms with Crippen LogP contribution in [-0.2, 0) is 20.3 Å². The van der Waals surface area contributed by atoms with Gasteiger partial charge in [-0.25, -0.2) is 13.8 Å². The number of hydrogen-bond donors (Lipinski definition) is 0. The second-order valence-electron chi connectivity index (χ2n) is 7.28. The van der Waals surface area contributed by atoms with Gasteiger partial charge in [0.15, 0.2) is 0 Å². The number of alkyl halides is 1. The van der Waals surface area contributed by atoms with Gasteiger partial charge in [-0.1, -0.05) is 12.1 Å². The van der Waals surface area contributed by atoms with E-state index in [0.29, 0.717) is 18.0 Å². The van der Waals surface area contributed by atoms with E-state index in [1.54, 1.807) is 6.07 Å². The summed E-state index contributed by atoms with van der Waals surface area (Å²) in [6.45, 7) is 1.96. The van der Waals surface area contributed by atoms with Gasteiger partial charge in [-0.3, -0.25) is 4.90 Å². The third-order valence-electron chi connectivity index (χ3n) is 5.30. The Morgan fingerprint density at radius 2 is 2.00 bits per heavy atom. The molecule has 1 aliphatic rings. The Morgan fingerprint density at radius 1 is 1.15 bits per heavy atom. The Balaban J connectivity index is 1.51. The van der Waals surface area contributed by atoms with E-state index in [1.165, 1.54) is 17.7 Å². The van der Waals surface area contributed by atoms with Crippen molar-refractivity contribution in [3.8, 4) is 0 Å². The Morgan fingerprint density at radius 3 is 2.85 bits per heavy atom. The van der Waals surface area contributed by atoms with Crippen LogP contribution in [0.25, 0.3) is 11.0 Å². The van der Waals surface area contributed by atoms with Gasteiger partial charge >= 0.3 is 0 Å². The molecule has 2 heterocycles. The first kappa shape index (κ1) is 17.2. The van der Waals surface area contributed by atoms with Crippen molar-refractivity contribution in [1.29, 1.82) is 0 Å². The number of nitrogens with zero attached hydrogens (tertiary/aromatic N) is 3. The maximum atomic E-state index is 13.7. The molecule has 0 bridgehead atoms. The maximum Gasteiger partial charge on any atom is 0.123 e. The Labute approximate surface area is 152 Å². The predicted octanol–water partition coefficient (Wildman–Crippen LogP) is 4.56. The zero-order chi connectivity index (χ0) is 18.1. The molecule has 1 atom stereocenters. The van der Waals surface area contributed by atoms with Crippen molar-refractivity contribution in [2.45, 2.75) is 32.0 Å². The largest absolute Gasteiger partial charge is 0.334 e. The summed E-state index contributed by atoms with van der Waals surface area (Å²) < 4.78 is 28.6. The molecule has 1 aliphatic heterocycles. The number of likely N-dealkylation sites (tertiary alicyclic amines) is 1. The molecular weight excluding hydrogens is 332 g/mol.